The summed E-state index contributed by atoms with van der Waals surface area (Å²) in [6, 6.07) is 1.92. The number of nitrogen functional groups attached to an aromatic ring is 1. The quantitative estimate of drug-likeness (QED) is 0.785. The first-order valence-corrected chi connectivity index (χ1v) is 6.38. The van der Waals surface area contributed by atoms with E-state index in [0.29, 0.717) is 17.7 Å². The molecule has 1 fully saturated rings. The fraction of sp³-hybridized carbons (Fsp3) is 0.643. The van der Waals surface area contributed by atoms with Crippen molar-refractivity contribution in [3.8, 4) is 0 Å². The molecule has 1 heterocycles. The fourth-order valence-electron chi connectivity index (χ4n) is 3.00. The fourth-order valence-corrected chi connectivity index (χ4v) is 3.00. The maximum atomic E-state index is 10.9. The molecule has 0 radical (unpaired) electrons. The second-order valence-corrected chi connectivity index (χ2v) is 5.62. The minimum atomic E-state index is -0.783. The van der Waals surface area contributed by atoms with Gasteiger partial charge in [0.15, 0.2) is 0 Å². The average molecular weight is 234 g/mol. The number of pyridine rings is 1. The van der Waals surface area contributed by atoms with Gasteiger partial charge >= 0.3 is 0 Å². The molecule has 1 aliphatic rings. The molecular weight excluding hydrogens is 212 g/mol. The molecule has 2 rings (SSSR count). The first-order valence-electron chi connectivity index (χ1n) is 6.38. The molecule has 3 nitrogen and oxygen atoms in total. The van der Waals surface area contributed by atoms with Gasteiger partial charge in [0.1, 0.15) is 5.82 Å². The van der Waals surface area contributed by atoms with Crippen molar-refractivity contribution in [1.29, 1.82) is 0 Å². The van der Waals surface area contributed by atoms with E-state index in [2.05, 4.69) is 18.8 Å². The maximum absolute atomic E-state index is 10.9. The molecule has 1 saturated carbocycles. The van der Waals surface area contributed by atoms with Crippen LogP contribution in [-0.4, -0.2) is 10.1 Å². The molecule has 0 aromatic carbocycles. The monoisotopic (exact) mass is 234 g/mol. The van der Waals surface area contributed by atoms with E-state index in [-0.39, 0.29) is 0 Å². The molecule has 3 unspecified atom stereocenters. The predicted octanol–water partition coefficient (Wildman–Crippen LogP) is 2.62. The van der Waals surface area contributed by atoms with Crippen LogP contribution >= 0.6 is 0 Å². The summed E-state index contributed by atoms with van der Waals surface area (Å²) >= 11 is 0. The second kappa shape index (κ2) is 4.30. The molecule has 94 valence electrons. The number of aromatic nitrogens is 1. The molecule has 0 saturated heterocycles. The van der Waals surface area contributed by atoms with Crippen molar-refractivity contribution in [2.45, 2.75) is 45.6 Å². The third-order valence-electron chi connectivity index (χ3n) is 4.30. The first kappa shape index (κ1) is 12.4. The Morgan fingerprint density at radius 2 is 2.12 bits per heavy atom. The van der Waals surface area contributed by atoms with E-state index in [1.54, 1.807) is 6.20 Å². The Morgan fingerprint density at radius 1 is 1.41 bits per heavy atom. The molecule has 0 amide bonds. The lowest BCUT2D eigenvalue weighted by atomic mass is 9.70. The van der Waals surface area contributed by atoms with Gasteiger partial charge in [0.25, 0.3) is 0 Å². The normalized spacial score (nSPS) is 33.6. The van der Waals surface area contributed by atoms with Crippen LogP contribution in [0, 0.1) is 18.8 Å². The zero-order chi connectivity index (χ0) is 12.6. The highest BCUT2D eigenvalue weighted by Crippen LogP contribution is 2.44. The molecular formula is C14H22N2O. The maximum Gasteiger partial charge on any atom is 0.129 e. The highest BCUT2D eigenvalue weighted by Gasteiger charge is 2.39. The molecule has 17 heavy (non-hydrogen) atoms. The highest BCUT2D eigenvalue weighted by molar-refractivity contribution is 5.48. The van der Waals surface area contributed by atoms with Gasteiger partial charge in [-0.1, -0.05) is 13.8 Å². The van der Waals surface area contributed by atoms with Crippen LogP contribution in [0.25, 0.3) is 0 Å². The lowest BCUT2D eigenvalue weighted by molar-refractivity contribution is -0.0336. The summed E-state index contributed by atoms with van der Waals surface area (Å²) in [5.74, 6) is 1.68. The zero-order valence-corrected chi connectivity index (χ0v) is 10.9. The van der Waals surface area contributed by atoms with Gasteiger partial charge < -0.3 is 10.8 Å². The van der Waals surface area contributed by atoms with E-state index < -0.39 is 5.60 Å². The number of hydrogen-bond acceptors (Lipinski definition) is 3. The molecule has 1 aromatic heterocycles. The molecule has 0 spiro atoms. The Bertz CT molecular complexity index is 398. The van der Waals surface area contributed by atoms with Gasteiger partial charge in [-0.25, -0.2) is 4.98 Å². The summed E-state index contributed by atoms with van der Waals surface area (Å²) in [4.78, 5) is 4.12. The summed E-state index contributed by atoms with van der Waals surface area (Å²) in [5.41, 5.74) is 7.05. The van der Waals surface area contributed by atoms with E-state index >= 15 is 0 Å². The standard InChI is InChI=1S/C14H22N2O/c1-9-4-6-14(17,8-11(9)3)12-10(2)5-7-16-13(12)15/h5,7,9,11,17H,4,6,8H2,1-3H3,(H2,15,16). The van der Waals surface area contributed by atoms with Crippen molar-refractivity contribution in [2.75, 3.05) is 5.73 Å². The van der Waals surface area contributed by atoms with E-state index in [0.717, 1.165) is 30.4 Å². The Morgan fingerprint density at radius 3 is 2.71 bits per heavy atom. The molecule has 1 aromatic rings. The van der Waals surface area contributed by atoms with Crippen LogP contribution in [0.1, 0.15) is 44.2 Å². The molecule has 1 aliphatic carbocycles. The van der Waals surface area contributed by atoms with Crippen LogP contribution in [-0.2, 0) is 5.60 Å². The number of hydrogen-bond donors (Lipinski definition) is 2. The topological polar surface area (TPSA) is 59.1 Å². The van der Waals surface area contributed by atoms with E-state index in [1.165, 1.54) is 0 Å². The second-order valence-electron chi connectivity index (χ2n) is 5.62. The number of nitrogens with zero attached hydrogens (tertiary/aromatic N) is 1. The Hall–Kier alpha value is -1.09. The smallest absolute Gasteiger partial charge is 0.129 e. The summed E-state index contributed by atoms with van der Waals surface area (Å²) in [7, 11) is 0. The number of nitrogens with two attached hydrogens (primary N) is 1. The van der Waals surface area contributed by atoms with Crippen LogP contribution < -0.4 is 5.73 Å². The lowest BCUT2D eigenvalue weighted by Crippen LogP contribution is -2.36. The van der Waals surface area contributed by atoms with Crippen LogP contribution in [0.5, 0.6) is 0 Å². The van der Waals surface area contributed by atoms with E-state index in [4.69, 9.17) is 5.73 Å². The molecule has 3 heteroatoms. The van der Waals surface area contributed by atoms with Crippen molar-refractivity contribution >= 4 is 5.82 Å². The minimum Gasteiger partial charge on any atom is -0.385 e. The van der Waals surface area contributed by atoms with Gasteiger partial charge in [-0.15, -0.1) is 0 Å². The molecule has 0 aliphatic heterocycles. The Labute approximate surface area is 103 Å². The largest absolute Gasteiger partial charge is 0.385 e. The summed E-state index contributed by atoms with van der Waals surface area (Å²) in [6.45, 7) is 6.45. The van der Waals surface area contributed by atoms with Gasteiger partial charge in [0, 0.05) is 11.8 Å². The van der Waals surface area contributed by atoms with Crippen molar-refractivity contribution in [1.82, 2.24) is 4.98 Å². The van der Waals surface area contributed by atoms with E-state index in [1.807, 2.05) is 13.0 Å². The van der Waals surface area contributed by atoms with Crippen LogP contribution in [0.4, 0.5) is 5.82 Å². The Balaban J connectivity index is 2.39. The summed E-state index contributed by atoms with van der Waals surface area (Å²) in [5, 5.41) is 10.9. The van der Waals surface area contributed by atoms with Crippen molar-refractivity contribution in [3.05, 3.63) is 23.4 Å². The number of aliphatic hydroxyl groups is 1. The van der Waals surface area contributed by atoms with Crippen LogP contribution in [0.2, 0.25) is 0 Å². The molecule has 0 bridgehead atoms. The van der Waals surface area contributed by atoms with Crippen molar-refractivity contribution < 1.29 is 5.11 Å². The number of aryl methyl sites for hydroxylation is 1. The third kappa shape index (κ3) is 2.16. The average Bonchev–Trinajstić information content (AvgIpc) is 2.24. The zero-order valence-electron chi connectivity index (χ0n) is 10.9. The van der Waals surface area contributed by atoms with Crippen molar-refractivity contribution in [3.63, 3.8) is 0 Å². The van der Waals surface area contributed by atoms with Gasteiger partial charge in [-0.05, 0) is 49.7 Å². The SMILES string of the molecule is Cc1ccnc(N)c1C1(O)CCC(C)C(C)C1. The Kier molecular flexibility index (Phi) is 3.13. The van der Waals surface area contributed by atoms with Gasteiger partial charge in [0.05, 0.1) is 5.60 Å². The van der Waals surface area contributed by atoms with Gasteiger partial charge in [0.2, 0.25) is 0 Å². The van der Waals surface area contributed by atoms with Gasteiger partial charge in [-0.2, -0.15) is 0 Å². The number of anilines is 1. The molecule has 3 atom stereocenters. The summed E-state index contributed by atoms with van der Waals surface area (Å²) < 4.78 is 0. The first-order chi connectivity index (χ1) is 7.94. The third-order valence-corrected chi connectivity index (χ3v) is 4.30. The number of rotatable bonds is 1. The summed E-state index contributed by atoms with van der Waals surface area (Å²) in [6.07, 6.45) is 4.32. The predicted molar refractivity (Wildman–Crippen MR) is 69.5 cm³/mol. The van der Waals surface area contributed by atoms with Crippen LogP contribution in [0.3, 0.4) is 0 Å². The molecule has 3 N–H and O–H groups in total. The minimum absolute atomic E-state index is 0.481. The van der Waals surface area contributed by atoms with Crippen LogP contribution in [0.15, 0.2) is 12.3 Å². The van der Waals surface area contributed by atoms with Gasteiger partial charge in [-0.3, -0.25) is 0 Å². The lowest BCUT2D eigenvalue weighted by Gasteiger charge is -2.40. The van der Waals surface area contributed by atoms with E-state index in [9.17, 15) is 5.11 Å². The highest BCUT2D eigenvalue weighted by atomic mass is 16.3. The van der Waals surface area contributed by atoms with Crippen molar-refractivity contribution in [2.24, 2.45) is 11.8 Å².